The van der Waals surface area contributed by atoms with Crippen molar-refractivity contribution in [3.63, 3.8) is 0 Å². The molecule has 0 spiro atoms. The van der Waals surface area contributed by atoms with Crippen molar-refractivity contribution in [1.82, 2.24) is 20.3 Å². The fourth-order valence-corrected chi connectivity index (χ4v) is 4.38. The molecule has 190 valence electrons. The number of aromatic nitrogens is 3. The largest absolute Gasteiger partial charge is 0.457 e. The first-order chi connectivity index (χ1) is 18.3. The van der Waals surface area contributed by atoms with E-state index in [-0.39, 0.29) is 5.11 Å². The Morgan fingerprint density at radius 2 is 1.71 bits per heavy atom. The smallest absolute Gasteiger partial charge is 0.250 e. The van der Waals surface area contributed by atoms with Crippen LogP contribution in [0.3, 0.4) is 0 Å². The standard InChI is InChI=1S/C27H18Cl3N5O2S/c1-15-5-7-16(8-6-15)35-33-22-13-20(29)21(14-23(22)34-35)31-27(38)32-25(36)12-10-17-9-11-24(37-17)18-3-2-4-19(28)26(18)30/h2-14H,1H3,(H2,31,32,36,38)/b12-10+. The monoisotopic (exact) mass is 581 g/mol. The van der Waals surface area contributed by atoms with E-state index in [9.17, 15) is 4.79 Å². The molecule has 7 nitrogen and oxygen atoms in total. The molecule has 0 aliphatic heterocycles. The lowest BCUT2D eigenvalue weighted by Crippen LogP contribution is -2.32. The van der Waals surface area contributed by atoms with Crippen LogP contribution in [-0.4, -0.2) is 26.0 Å². The fourth-order valence-electron chi connectivity index (χ4n) is 3.57. The minimum atomic E-state index is -0.455. The Morgan fingerprint density at radius 3 is 2.47 bits per heavy atom. The van der Waals surface area contributed by atoms with Crippen molar-refractivity contribution >= 4 is 80.8 Å². The second-order valence-electron chi connectivity index (χ2n) is 8.23. The highest BCUT2D eigenvalue weighted by Crippen LogP contribution is 2.34. The highest BCUT2D eigenvalue weighted by Gasteiger charge is 2.13. The van der Waals surface area contributed by atoms with Gasteiger partial charge in [-0.05, 0) is 73.7 Å². The number of nitrogens with one attached hydrogen (secondary N) is 2. The Labute approximate surface area is 238 Å². The van der Waals surface area contributed by atoms with Crippen LogP contribution in [0.4, 0.5) is 5.69 Å². The fraction of sp³-hybridized carbons (Fsp3) is 0.0370. The van der Waals surface area contributed by atoms with E-state index in [0.29, 0.717) is 48.9 Å². The quantitative estimate of drug-likeness (QED) is 0.165. The van der Waals surface area contributed by atoms with Gasteiger partial charge in [-0.15, -0.1) is 10.2 Å². The van der Waals surface area contributed by atoms with Gasteiger partial charge in [-0.1, -0.05) is 58.6 Å². The Bertz CT molecular complexity index is 1710. The third-order valence-electron chi connectivity index (χ3n) is 5.46. The van der Waals surface area contributed by atoms with Crippen LogP contribution in [0.15, 0.2) is 77.2 Å². The van der Waals surface area contributed by atoms with E-state index in [1.807, 2.05) is 31.2 Å². The van der Waals surface area contributed by atoms with Gasteiger partial charge in [0.1, 0.15) is 22.6 Å². The number of hydrogen-bond acceptors (Lipinski definition) is 5. The first kappa shape index (κ1) is 25.9. The number of amides is 1. The zero-order valence-electron chi connectivity index (χ0n) is 19.7. The Morgan fingerprint density at radius 1 is 0.974 bits per heavy atom. The molecular weight excluding hydrogens is 565 g/mol. The molecule has 2 aromatic heterocycles. The number of benzene rings is 3. The van der Waals surface area contributed by atoms with Crippen LogP contribution in [-0.2, 0) is 4.79 Å². The number of halogens is 3. The number of carbonyl (C=O) groups excluding carboxylic acids is 1. The third-order valence-corrected chi connectivity index (χ3v) is 6.80. The molecule has 11 heteroatoms. The molecule has 0 saturated carbocycles. The first-order valence-corrected chi connectivity index (χ1v) is 12.8. The summed E-state index contributed by atoms with van der Waals surface area (Å²) in [5, 5.41) is 15.8. The van der Waals surface area contributed by atoms with E-state index in [1.54, 1.807) is 42.5 Å². The van der Waals surface area contributed by atoms with Crippen molar-refractivity contribution < 1.29 is 9.21 Å². The average molecular weight is 583 g/mol. The number of anilines is 1. The summed E-state index contributed by atoms with van der Waals surface area (Å²) in [4.78, 5) is 13.9. The maximum absolute atomic E-state index is 12.4. The summed E-state index contributed by atoms with van der Waals surface area (Å²) in [7, 11) is 0. The lowest BCUT2D eigenvalue weighted by atomic mass is 10.2. The number of aryl methyl sites for hydroxylation is 1. The molecule has 38 heavy (non-hydrogen) atoms. The van der Waals surface area contributed by atoms with Crippen LogP contribution in [0, 0.1) is 6.92 Å². The second kappa shape index (κ2) is 11.0. The number of nitrogens with zero attached hydrogens (tertiary/aromatic N) is 3. The number of furan rings is 1. The van der Waals surface area contributed by atoms with Crippen LogP contribution < -0.4 is 10.6 Å². The van der Waals surface area contributed by atoms with Gasteiger partial charge in [0.15, 0.2) is 5.11 Å². The highest BCUT2D eigenvalue weighted by atomic mass is 35.5. The van der Waals surface area contributed by atoms with Crippen LogP contribution in [0.5, 0.6) is 0 Å². The Kier molecular flexibility index (Phi) is 7.49. The second-order valence-corrected chi connectivity index (χ2v) is 9.83. The van der Waals surface area contributed by atoms with Gasteiger partial charge in [-0.3, -0.25) is 10.1 Å². The molecule has 3 aromatic carbocycles. The van der Waals surface area contributed by atoms with E-state index in [1.165, 1.54) is 16.9 Å². The summed E-state index contributed by atoms with van der Waals surface area (Å²) in [5.41, 5.74) is 4.34. The Balaban J connectivity index is 1.24. The lowest BCUT2D eigenvalue weighted by molar-refractivity contribution is -0.115. The minimum absolute atomic E-state index is 0.0673. The van der Waals surface area contributed by atoms with Gasteiger partial charge in [0.2, 0.25) is 5.91 Å². The number of carbonyl (C=O) groups is 1. The predicted molar refractivity (Wildman–Crippen MR) is 156 cm³/mol. The van der Waals surface area contributed by atoms with Gasteiger partial charge in [0.05, 0.1) is 26.4 Å². The summed E-state index contributed by atoms with van der Waals surface area (Å²) < 4.78 is 5.76. The Hall–Kier alpha value is -3.69. The summed E-state index contributed by atoms with van der Waals surface area (Å²) in [6, 6.07) is 20.0. The summed E-state index contributed by atoms with van der Waals surface area (Å²) in [6.07, 6.45) is 2.82. The first-order valence-electron chi connectivity index (χ1n) is 11.2. The minimum Gasteiger partial charge on any atom is -0.457 e. The van der Waals surface area contributed by atoms with Crippen LogP contribution in [0.1, 0.15) is 11.3 Å². The molecule has 0 radical (unpaired) electrons. The number of fused-ring (bicyclic) bond motifs is 1. The molecule has 0 aliphatic rings. The van der Waals surface area contributed by atoms with E-state index >= 15 is 0 Å². The molecule has 2 N–H and O–H groups in total. The van der Waals surface area contributed by atoms with Gasteiger partial charge in [0.25, 0.3) is 0 Å². The number of rotatable bonds is 5. The van der Waals surface area contributed by atoms with Crippen molar-refractivity contribution in [1.29, 1.82) is 0 Å². The van der Waals surface area contributed by atoms with E-state index in [4.69, 9.17) is 51.4 Å². The van der Waals surface area contributed by atoms with Crippen molar-refractivity contribution in [2.24, 2.45) is 0 Å². The molecule has 5 rings (SSSR count). The maximum atomic E-state index is 12.4. The molecule has 0 fully saturated rings. The molecule has 5 aromatic rings. The van der Waals surface area contributed by atoms with E-state index < -0.39 is 5.91 Å². The van der Waals surface area contributed by atoms with Gasteiger partial charge in [-0.25, -0.2) is 0 Å². The lowest BCUT2D eigenvalue weighted by Gasteiger charge is -2.09. The third kappa shape index (κ3) is 5.74. The normalized spacial score (nSPS) is 11.3. The van der Waals surface area contributed by atoms with Crippen molar-refractivity contribution in [2.75, 3.05) is 5.32 Å². The van der Waals surface area contributed by atoms with Gasteiger partial charge in [0, 0.05) is 11.6 Å². The van der Waals surface area contributed by atoms with Crippen LogP contribution in [0.2, 0.25) is 15.1 Å². The van der Waals surface area contributed by atoms with Gasteiger partial charge < -0.3 is 9.73 Å². The topological polar surface area (TPSA) is 85.0 Å². The van der Waals surface area contributed by atoms with Gasteiger partial charge in [-0.2, -0.15) is 4.80 Å². The van der Waals surface area contributed by atoms with Crippen LogP contribution >= 0.6 is 47.0 Å². The molecule has 0 unspecified atom stereocenters. The molecule has 0 saturated heterocycles. The molecule has 1 amide bonds. The van der Waals surface area contributed by atoms with Gasteiger partial charge >= 0.3 is 0 Å². The zero-order valence-corrected chi connectivity index (χ0v) is 22.8. The zero-order chi connectivity index (χ0) is 26.8. The molecular formula is C27H18Cl3N5O2S. The summed E-state index contributed by atoms with van der Waals surface area (Å²) in [6.45, 7) is 2.01. The number of thiocarbonyl (C=S) groups is 1. The van der Waals surface area contributed by atoms with Crippen molar-refractivity contribution in [3.05, 3.63) is 99.2 Å². The summed E-state index contributed by atoms with van der Waals surface area (Å²) in [5.74, 6) is 0.526. The van der Waals surface area contributed by atoms with Crippen molar-refractivity contribution in [2.45, 2.75) is 6.92 Å². The SMILES string of the molecule is Cc1ccc(-n2nc3cc(Cl)c(NC(=S)NC(=O)/C=C/c4ccc(-c5cccc(Cl)c5Cl)o4)cc3n2)cc1. The molecule has 0 aliphatic carbocycles. The molecule has 2 heterocycles. The summed E-state index contributed by atoms with van der Waals surface area (Å²) >= 11 is 24.0. The van der Waals surface area contributed by atoms with E-state index in [2.05, 4.69) is 20.8 Å². The molecule has 0 atom stereocenters. The molecule has 0 bridgehead atoms. The highest BCUT2D eigenvalue weighted by molar-refractivity contribution is 7.80. The maximum Gasteiger partial charge on any atom is 0.250 e. The van der Waals surface area contributed by atoms with E-state index in [0.717, 1.165) is 11.3 Å². The number of hydrogen-bond donors (Lipinski definition) is 2. The van der Waals surface area contributed by atoms with Crippen molar-refractivity contribution in [3.8, 4) is 17.0 Å². The van der Waals surface area contributed by atoms with Crippen LogP contribution in [0.25, 0.3) is 34.1 Å². The predicted octanol–water partition coefficient (Wildman–Crippen LogP) is 7.48. The average Bonchev–Trinajstić information content (AvgIpc) is 3.52.